The van der Waals surface area contributed by atoms with E-state index in [1.807, 2.05) is 19.1 Å². The predicted molar refractivity (Wildman–Crippen MR) is 50.2 cm³/mol. The van der Waals surface area contributed by atoms with Crippen LogP contribution in [0.2, 0.25) is 0 Å². The molecule has 2 nitrogen and oxygen atoms in total. The molecule has 0 bridgehead atoms. The van der Waals surface area contributed by atoms with Crippen LogP contribution in [0.4, 0.5) is 5.69 Å². The van der Waals surface area contributed by atoms with Crippen molar-refractivity contribution in [3.8, 4) is 18.1 Å². The highest BCUT2D eigenvalue weighted by atomic mass is 16.3. The summed E-state index contributed by atoms with van der Waals surface area (Å²) in [6, 6.07) is 5.38. The fourth-order valence-electron chi connectivity index (χ4n) is 0.872. The van der Waals surface area contributed by atoms with Gasteiger partial charge in [-0.3, -0.25) is 0 Å². The van der Waals surface area contributed by atoms with Crippen LogP contribution >= 0.6 is 0 Å². The third-order valence-electron chi connectivity index (χ3n) is 1.60. The van der Waals surface area contributed by atoms with Gasteiger partial charge in [-0.05, 0) is 18.6 Å². The van der Waals surface area contributed by atoms with Crippen molar-refractivity contribution in [3.05, 3.63) is 23.8 Å². The van der Waals surface area contributed by atoms with Gasteiger partial charge in [-0.2, -0.15) is 0 Å². The van der Waals surface area contributed by atoms with Crippen LogP contribution in [0, 0.1) is 19.3 Å². The summed E-state index contributed by atoms with van der Waals surface area (Å²) >= 11 is 0. The van der Waals surface area contributed by atoms with E-state index in [0.29, 0.717) is 6.54 Å². The van der Waals surface area contributed by atoms with Crippen molar-refractivity contribution in [1.82, 2.24) is 0 Å². The zero-order valence-electron chi connectivity index (χ0n) is 6.96. The quantitative estimate of drug-likeness (QED) is 0.647. The second-order valence-corrected chi connectivity index (χ2v) is 2.56. The minimum atomic E-state index is 0.289. The molecule has 0 aromatic heterocycles. The van der Waals surface area contributed by atoms with Gasteiger partial charge in [-0.25, -0.2) is 0 Å². The average Bonchev–Trinajstić information content (AvgIpc) is 2.07. The Morgan fingerprint density at radius 1 is 1.58 bits per heavy atom. The Hall–Kier alpha value is -1.62. The first kappa shape index (κ1) is 8.48. The first-order valence-corrected chi connectivity index (χ1v) is 3.71. The molecule has 0 spiro atoms. The Kier molecular flexibility index (Phi) is 2.60. The topological polar surface area (TPSA) is 32.3 Å². The van der Waals surface area contributed by atoms with E-state index >= 15 is 0 Å². The van der Waals surface area contributed by atoms with Crippen molar-refractivity contribution in [3.63, 3.8) is 0 Å². The maximum atomic E-state index is 9.31. The molecule has 0 saturated heterocycles. The van der Waals surface area contributed by atoms with Crippen molar-refractivity contribution in [2.75, 3.05) is 11.9 Å². The van der Waals surface area contributed by atoms with Crippen molar-refractivity contribution in [2.24, 2.45) is 0 Å². The van der Waals surface area contributed by atoms with E-state index in [2.05, 4.69) is 11.2 Å². The molecule has 2 heteroatoms. The van der Waals surface area contributed by atoms with E-state index < -0.39 is 0 Å². The normalized spacial score (nSPS) is 9.00. The van der Waals surface area contributed by atoms with Gasteiger partial charge < -0.3 is 10.4 Å². The molecular formula is C10H11NO. The number of terminal acetylenes is 1. The Balaban J connectivity index is 2.77. The number of benzene rings is 1. The van der Waals surface area contributed by atoms with Gasteiger partial charge in [0.1, 0.15) is 5.75 Å². The smallest absolute Gasteiger partial charge is 0.120 e. The third kappa shape index (κ3) is 1.93. The number of aryl methyl sites for hydroxylation is 1. The van der Waals surface area contributed by atoms with Gasteiger partial charge in [-0.1, -0.05) is 12.0 Å². The predicted octanol–water partition coefficient (Wildman–Crippen LogP) is 1.75. The van der Waals surface area contributed by atoms with Gasteiger partial charge in [-0.15, -0.1) is 6.42 Å². The molecule has 0 aliphatic heterocycles. The monoisotopic (exact) mass is 161 g/mol. The fourth-order valence-corrected chi connectivity index (χ4v) is 0.872. The largest absolute Gasteiger partial charge is 0.508 e. The van der Waals surface area contributed by atoms with Gasteiger partial charge in [0, 0.05) is 11.8 Å². The number of aromatic hydroxyl groups is 1. The molecule has 1 rings (SSSR count). The first-order chi connectivity index (χ1) is 5.74. The average molecular weight is 161 g/mol. The molecule has 0 unspecified atom stereocenters. The highest BCUT2D eigenvalue weighted by Gasteiger charge is 1.95. The van der Waals surface area contributed by atoms with Gasteiger partial charge in [0.2, 0.25) is 0 Å². The molecule has 0 atom stereocenters. The molecule has 0 amide bonds. The summed E-state index contributed by atoms with van der Waals surface area (Å²) in [6.07, 6.45) is 5.07. The molecule has 62 valence electrons. The molecular weight excluding hydrogens is 150 g/mol. The lowest BCUT2D eigenvalue weighted by Crippen LogP contribution is -1.97. The van der Waals surface area contributed by atoms with Crippen LogP contribution in [0.3, 0.4) is 0 Å². The van der Waals surface area contributed by atoms with Crippen LogP contribution in [0.1, 0.15) is 5.56 Å². The van der Waals surface area contributed by atoms with Crippen LogP contribution in [-0.4, -0.2) is 11.7 Å². The number of nitrogens with one attached hydrogen (secondary N) is 1. The number of phenolic OH excluding ortho intramolecular Hbond substituents is 1. The second kappa shape index (κ2) is 3.68. The maximum Gasteiger partial charge on any atom is 0.120 e. The summed E-state index contributed by atoms with van der Waals surface area (Å²) in [7, 11) is 0. The number of anilines is 1. The summed E-state index contributed by atoms with van der Waals surface area (Å²) in [5, 5.41) is 12.3. The molecule has 1 aromatic carbocycles. The molecule has 0 radical (unpaired) electrons. The lowest BCUT2D eigenvalue weighted by atomic mass is 10.2. The fraction of sp³-hybridized carbons (Fsp3) is 0.200. The first-order valence-electron chi connectivity index (χ1n) is 3.71. The van der Waals surface area contributed by atoms with Crippen LogP contribution in [0.15, 0.2) is 18.2 Å². The molecule has 1 aromatic rings. The molecule has 0 aliphatic carbocycles. The van der Waals surface area contributed by atoms with Gasteiger partial charge in [0.25, 0.3) is 0 Å². The van der Waals surface area contributed by atoms with Crippen molar-refractivity contribution >= 4 is 5.69 Å². The standard InChI is InChI=1S/C10H11NO/c1-3-6-11-9-5-4-8(2)10(12)7-9/h1,4-5,7,11-12H,6H2,2H3. The van der Waals surface area contributed by atoms with E-state index in [0.717, 1.165) is 11.3 Å². The van der Waals surface area contributed by atoms with Crippen LogP contribution in [0.5, 0.6) is 5.75 Å². The number of hydrogen-bond acceptors (Lipinski definition) is 2. The SMILES string of the molecule is C#CCNc1ccc(C)c(O)c1. The number of rotatable bonds is 2. The molecule has 12 heavy (non-hydrogen) atoms. The zero-order chi connectivity index (χ0) is 8.97. The lowest BCUT2D eigenvalue weighted by molar-refractivity contribution is 0.471. The summed E-state index contributed by atoms with van der Waals surface area (Å²) in [4.78, 5) is 0. The molecule has 0 fully saturated rings. The molecule has 0 saturated carbocycles. The minimum Gasteiger partial charge on any atom is -0.508 e. The molecule has 0 aliphatic rings. The highest BCUT2D eigenvalue weighted by molar-refractivity contribution is 5.51. The Morgan fingerprint density at radius 3 is 2.92 bits per heavy atom. The van der Waals surface area contributed by atoms with Crippen molar-refractivity contribution in [1.29, 1.82) is 0 Å². The zero-order valence-corrected chi connectivity index (χ0v) is 6.96. The minimum absolute atomic E-state index is 0.289. The van der Waals surface area contributed by atoms with E-state index in [1.54, 1.807) is 6.07 Å². The lowest BCUT2D eigenvalue weighted by Gasteiger charge is -2.04. The molecule has 2 N–H and O–H groups in total. The van der Waals surface area contributed by atoms with Gasteiger partial charge in [0.15, 0.2) is 0 Å². The van der Waals surface area contributed by atoms with Crippen LogP contribution in [0.25, 0.3) is 0 Å². The Bertz CT molecular complexity index is 312. The van der Waals surface area contributed by atoms with E-state index in [1.165, 1.54) is 0 Å². The summed E-state index contributed by atoms with van der Waals surface area (Å²) in [5.74, 6) is 2.75. The van der Waals surface area contributed by atoms with Crippen molar-refractivity contribution in [2.45, 2.75) is 6.92 Å². The third-order valence-corrected chi connectivity index (χ3v) is 1.60. The summed E-state index contributed by atoms with van der Waals surface area (Å²) in [5.41, 5.74) is 1.71. The van der Waals surface area contributed by atoms with E-state index in [4.69, 9.17) is 6.42 Å². The highest BCUT2D eigenvalue weighted by Crippen LogP contribution is 2.20. The number of hydrogen-bond donors (Lipinski definition) is 2. The second-order valence-electron chi connectivity index (χ2n) is 2.56. The van der Waals surface area contributed by atoms with E-state index in [9.17, 15) is 5.11 Å². The van der Waals surface area contributed by atoms with Gasteiger partial charge >= 0.3 is 0 Å². The number of phenols is 1. The molecule has 0 heterocycles. The van der Waals surface area contributed by atoms with Gasteiger partial charge in [0.05, 0.1) is 6.54 Å². The van der Waals surface area contributed by atoms with Crippen LogP contribution < -0.4 is 5.32 Å². The Labute approximate surface area is 72.2 Å². The van der Waals surface area contributed by atoms with Crippen LogP contribution in [-0.2, 0) is 0 Å². The van der Waals surface area contributed by atoms with E-state index in [-0.39, 0.29) is 5.75 Å². The summed E-state index contributed by atoms with van der Waals surface area (Å²) in [6.45, 7) is 2.32. The summed E-state index contributed by atoms with van der Waals surface area (Å²) < 4.78 is 0. The van der Waals surface area contributed by atoms with Crippen molar-refractivity contribution < 1.29 is 5.11 Å². The Morgan fingerprint density at radius 2 is 2.33 bits per heavy atom. The maximum absolute atomic E-state index is 9.31.